The number of fused-ring (bicyclic) bond motifs is 1. The number of alkyl halides is 3. The van der Waals surface area contributed by atoms with Crippen LogP contribution in [0.25, 0.3) is 22.4 Å². The molecule has 0 aliphatic carbocycles. The smallest absolute Gasteiger partial charge is 0.416 e. The molecule has 4 aromatic rings. The van der Waals surface area contributed by atoms with E-state index in [1.807, 2.05) is 30.3 Å². The van der Waals surface area contributed by atoms with E-state index in [4.69, 9.17) is 4.42 Å². The van der Waals surface area contributed by atoms with Crippen molar-refractivity contribution in [2.45, 2.75) is 31.5 Å². The quantitative estimate of drug-likeness (QED) is 0.390. The number of hydrogen-bond donors (Lipinski definition) is 1. The van der Waals surface area contributed by atoms with E-state index in [0.717, 1.165) is 42.0 Å². The molecule has 2 aromatic heterocycles. The van der Waals surface area contributed by atoms with E-state index < -0.39 is 11.7 Å². The molecule has 3 nitrogen and oxygen atoms in total. The van der Waals surface area contributed by atoms with Crippen molar-refractivity contribution in [2.24, 2.45) is 0 Å². The van der Waals surface area contributed by atoms with Crippen LogP contribution in [0.1, 0.15) is 35.4 Å². The van der Waals surface area contributed by atoms with Crippen LogP contribution in [0.5, 0.6) is 0 Å². The zero-order valence-corrected chi connectivity index (χ0v) is 17.0. The number of rotatable bonds is 4. The van der Waals surface area contributed by atoms with Crippen LogP contribution < -0.4 is 0 Å². The predicted octanol–water partition coefficient (Wildman–Crippen LogP) is 6.83. The lowest BCUT2D eigenvalue weighted by atomic mass is 9.86. The highest BCUT2D eigenvalue weighted by Gasteiger charge is 2.35. The maximum absolute atomic E-state index is 13.4. The number of aromatic nitrogens is 1. The molecule has 3 heterocycles. The molecule has 0 bridgehead atoms. The summed E-state index contributed by atoms with van der Waals surface area (Å²) in [5.74, 6) is 0.724. The van der Waals surface area contributed by atoms with E-state index in [2.05, 4.69) is 16.0 Å². The fourth-order valence-electron chi connectivity index (χ4n) is 4.73. The molecule has 0 saturated carbocycles. The Morgan fingerprint density at radius 2 is 1.68 bits per heavy atom. The van der Waals surface area contributed by atoms with Crippen LogP contribution in [-0.4, -0.2) is 23.0 Å². The third-order valence-electron chi connectivity index (χ3n) is 6.26. The van der Waals surface area contributed by atoms with Crippen LogP contribution in [0.2, 0.25) is 0 Å². The second-order valence-electron chi connectivity index (χ2n) is 8.14. The molecule has 0 unspecified atom stereocenters. The van der Waals surface area contributed by atoms with Crippen molar-refractivity contribution in [2.75, 3.05) is 13.1 Å². The third kappa shape index (κ3) is 3.88. The molecule has 1 saturated heterocycles. The van der Waals surface area contributed by atoms with Gasteiger partial charge >= 0.3 is 6.18 Å². The van der Waals surface area contributed by atoms with Crippen molar-refractivity contribution < 1.29 is 17.6 Å². The first-order valence-electron chi connectivity index (χ1n) is 10.5. The van der Waals surface area contributed by atoms with Crippen LogP contribution in [-0.2, 0) is 12.7 Å². The Kier molecular flexibility index (Phi) is 5.10. The van der Waals surface area contributed by atoms with Crippen molar-refractivity contribution >= 4 is 10.9 Å². The largest absolute Gasteiger partial charge is 0.463 e. The van der Waals surface area contributed by atoms with Crippen molar-refractivity contribution in [3.8, 4) is 11.5 Å². The molecule has 160 valence electrons. The summed E-state index contributed by atoms with van der Waals surface area (Å²) in [5.41, 5.74) is 3.12. The van der Waals surface area contributed by atoms with Gasteiger partial charge in [-0.15, -0.1) is 0 Å². The molecule has 6 heteroatoms. The first kappa shape index (κ1) is 19.9. The molecule has 1 fully saturated rings. The number of nitrogens with zero attached hydrogens (tertiary/aromatic N) is 1. The van der Waals surface area contributed by atoms with E-state index in [1.54, 1.807) is 18.4 Å². The Hall–Kier alpha value is -2.99. The molecule has 0 radical (unpaired) electrons. The number of hydrogen-bond acceptors (Lipinski definition) is 2. The SMILES string of the molecule is FC(F)(F)c1ccccc1C1CCN(Cc2c(-c3ccco3)[nH]c3ccccc23)CC1. The average molecular weight is 424 g/mol. The summed E-state index contributed by atoms with van der Waals surface area (Å²) in [7, 11) is 0. The standard InChI is InChI=1S/C25H23F3N2O/c26-25(27,28)21-8-3-1-6-18(21)17-11-13-30(14-12-17)16-20-19-7-2-4-9-22(19)29-24(20)23-10-5-15-31-23/h1-10,15,17,29H,11-14,16H2. The number of furan rings is 1. The van der Waals surface area contributed by atoms with Gasteiger partial charge in [0.2, 0.25) is 0 Å². The van der Waals surface area contributed by atoms with Crippen LogP contribution in [0, 0.1) is 0 Å². The highest BCUT2D eigenvalue weighted by Crippen LogP contribution is 2.39. The van der Waals surface area contributed by atoms with Gasteiger partial charge < -0.3 is 9.40 Å². The molecule has 0 amide bonds. The number of H-pyrrole nitrogens is 1. The molecule has 1 aliphatic heterocycles. The summed E-state index contributed by atoms with van der Waals surface area (Å²) in [6.07, 6.45) is -1.22. The van der Waals surface area contributed by atoms with Gasteiger partial charge in [-0.2, -0.15) is 13.2 Å². The molecule has 5 rings (SSSR count). The summed E-state index contributed by atoms with van der Waals surface area (Å²) in [5, 5.41) is 1.15. The van der Waals surface area contributed by atoms with Gasteiger partial charge in [0.15, 0.2) is 0 Å². The minimum atomic E-state index is -4.31. The van der Waals surface area contributed by atoms with Crippen molar-refractivity contribution in [1.82, 2.24) is 9.88 Å². The molecule has 2 aromatic carbocycles. The lowest BCUT2D eigenvalue weighted by Gasteiger charge is -2.33. The van der Waals surface area contributed by atoms with Gasteiger partial charge in [-0.25, -0.2) is 0 Å². The number of para-hydroxylation sites is 1. The van der Waals surface area contributed by atoms with E-state index in [0.29, 0.717) is 18.4 Å². The number of nitrogens with one attached hydrogen (secondary N) is 1. The minimum absolute atomic E-state index is 0.0680. The van der Waals surface area contributed by atoms with Gasteiger partial charge in [0, 0.05) is 23.0 Å². The molecule has 0 atom stereocenters. The maximum Gasteiger partial charge on any atom is 0.416 e. The first-order valence-corrected chi connectivity index (χ1v) is 10.5. The summed E-state index contributed by atoms with van der Waals surface area (Å²) in [6, 6.07) is 18.0. The van der Waals surface area contributed by atoms with E-state index in [-0.39, 0.29) is 5.92 Å². The first-order chi connectivity index (χ1) is 15.0. The summed E-state index contributed by atoms with van der Waals surface area (Å²) in [4.78, 5) is 5.80. The number of halogens is 3. The van der Waals surface area contributed by atoms with Crippen molar-refractivity contribution in [3.05, 3.63) is 83.6 Å². The fraction of sp³-hybridized carbons (Fsp3) is 0.280. The number of likely N-dealkylation sites (tertiary alicyclic amines) is 1. The third-order valence-corrected chi connectivity index (χ3v) is 6.26. The Morgan fingerprint density at radius 1 is 0.935 bits per heavy atom. The Labute approximate surface area is 178 Å². The second kappa shape index (κ2) is 7.93. The lowest BCUT2D eigenvalue weighted by Crippen LogP contribution is -2.33. The second-order valence-corrected chi connectivity index (χ2v) is 8.14. The number of piperidine rings is 1. The summed E-state index contributed by atoms with van der Waals surface area (Å²) >= 11 is 0. The number of benzene rings is 2. The van der Waals surface area contributed by atoms with Gasteiger partial charge in [0.1, 0.15) is 5.76 Å². The van der Waals surface area contributed by atoms with Crippen LogP contribution >= 0.6 is 0 Å². The molecule has 1 aliphatic rings. The van der Waals surface area contributed by atoms with Gasteiger partial charge in [0.25, 0.3) is 0 Å². The zero-order chi connectivity index (χ0) is 21.4. The normalized spacial score (nSPS) is 16.2. The highest BCUT2D eigenvalue weighted by atomic mass is 19.4. The Balaban J connectivity index is 1.37. The lowest BCUT2D eigenvalue weighted by molar-refractivity contribution is -0.138. The monoisotopic (exact) mass is 424 g/mol. The van der Waals surface area contributed by atoms with Crippen molar-refractivity contribution in [3.63, 3.8) is 0 Å². The topological polar surface area (TPSA) is 32.2 Å². The fourth-order valence-corrected chi connectivity index (χ4v) is 4.73. The van der Waals surface area contributed by atoms with E-state index in [9.17, 15) is 13.2 Å². The highest BCUT2D eigenvalue weighted by molar-refractivity contribution is 5.89. The van der Waals surface area contributed by atoms with Crippen LogP contribution in [0.15, 0.2) is 71.3 Å². The van der Waals surface area contributed by atoms with Gasteiger partial charge in [-0.1, -0.05) is 36.4 Å². The summed E-state index contributed by atoms with van der Waals surface area (Å²) < 4.78 is 46.0. The van der Waals surface area contributed by atoms with Gasteiger partial charge in [0.05, 0.1) is 17.5 Å². The molecule has 31 heavy (non-hydrogen) atoms. The van der Waals surface area contributed by atoms with Crippen molar-refractivity contribution in [1.29, 1.82) is 0 Å². The van der Waals surface area contributed by atoms with Crippen LogP contribution in [0.3, 0.4) is 0 Å². The van der Waals surface area contributed by atoms with Gasteiger partial charge in [-0.05, 0) is 61.7 Å². The summed E-state index contributed by atoms with van der Waals surface area (Å²) in [6.45, 7) is 2.25. The molecule has 1 N–H and O–H groups in total. The molecule has 0 spiro atoms. The Morgan fingerprint density at radius 3 is 2.42 bits per heavy atom. The molecular weight excluding hydrogens is 401 g/mol. The minimum Gasteiger partial charge on any atom is -0.463 e. The predicted molar refractivity (Wildman–Crippen MR) is 115 cm³/mol. The number of aromatic amines is 1. The van der Waals surface area contributed by atoms with Gasteiger partial charge in [-0.3, -0.25) is 4.90 Å². The van der Waals surface area contributed by atoms with Crippen LogP contribution in [0.4, 0.5) is 13.2 Å². The zero-order valence-electron chi connectivity index (χ0n) is 17.0. The van der Waals surface area contributed by atoms with E-state index >= 15 is 0 Å². The van der Waals surface area contributed by atoms with E-state index in [1.165, 1.54) is 17.7 Å². The Bertz CT molecular complexity index is 1170. The maximum atomic E-state index is 13.4. The molecular formula is C25H23F3N2O. The average Bonchev–Trinajstić information content (AvgIpc) is 3.42.